The molecule has 0 saturated heterocycles. The lowest BCUT2D eigenvalue weighted by atomic mass is 10.2. The number of aromatic amines is 1. The molecule has 7 heteroatoms. The minimum Gasteiger partial charge on any atom is -0.392 e. The Bertz CT molecular complexity index is 411. The normalized spacial score (nSPS) is 12.3. The Labute approximate surface area is 88.8 Å². The molecule has 0 aromatic carbocycles. The van der Waals surface area contributed by atoms with Crippen molar-refractivity contribution >= 4 is 10.0 Å². The van der Waals surface area contributed by atoms with Crippen LogP contribution < -0.4 is 4.72 Å². The van der Waals surface area contributed by atoms with Crippen LogP contribution in [0.25, 0.3) is 0 Å². The summed E-state index contributed by atoms with van der Waals surface area (Å²) in [5.41, 5.74) is 0.270. The lowest BCUT2D eigenvalue weighted by Gasteiger charge is -2.07. The number of nitrogens with one attached hydrogen (secondary N) is 2. The highest BCUT2D eigenvalue weighted by molar-refractivity contribution is 7.89. The summed E-state index contributed by atoms with van der Waals surface area (Å²) < 4.78 is 25.8. The molecule has 3 N–H and O–H groups in total. The van der Waals surface area contributed by atoms with Crippen molar-refractivity contribution in [3.8, 4) is 0 Å². The first-order chi connectivity index (χ1) is 6.97. The Hall–Kier alpha value is -0.920. The van der Waals surface area contributed by atoms with E-state index in [4.69, 9.17) is 5.11 Å². The first-order valence-electron chi connectivity index (χ1n) is 4.60. The molecule has 0 aliphatic heterocycles. The second-order valence-electron chi connectivity index (χ2n) is 3.63. The molecule has 86 valence electrons. The number of hydrogen-bond acceptors (Lipinski definition) is 4. The van der Waals surface area contributed by atoms with Gasteiger partial charge in [-0.15, -0.1) is 0 Å². The molecule has 0 aliphatic carbocycles. The van der Waals surface area contributed by atoms with E-state index in [9.17, 15) is 8.42 Å². The van der Waals surface area contributed by atoms with E-state index < -0.39 is 10.0 Å². The lowest BCUT2D eigenvalue weighted by molar-refractivity contribution is 0.278. The van der Waals surface area contributed by atoms with Gasteiger partial charge in [0.2, 0.25) is 0 Å². The average Bonchev–Trinajstić information content (AvgIpc) is 2.63. The predicted octanol–water partition coefficient (Wildman–Crippen LogP) is -0.164. The number of aromatic nitrogens is 2. The van der Waals surface area contributed by atoms with Gasteiger partial charge in [-0.05, 0) is 5.92 Å². The minimum atomic E-state index is -3.58. The van der Waals surface area contributed by atoms with Crippen molar-refractivity contribution in [3.05, 3.63) is 11.8 Å². The molecule has 0 unspecified atom stereocenters. The van der Waals surface area contributed by atoms with E-state index in [-0.39, 0.29) is 23.1 Å². The van der Waals surface area contributed by atoms with E-state index in [2.05, 4.69) is 14.9 Å². The van der Waals surface area contributed by atoms with Crippen molar-refractivity contribution in [1.82, 2.24) is 14.9 Å². The fourth-order valence-electron chi connectivity index (χ4n) is 0.993. The summed E-state index contributed by atoms with van der Waals surface area (Å²) in [7, 11) is -3.58. The zero-order valence-electron chi connectivity index (χ0n) is 8.69. The number of aliphatic hydroxyl groups is 1. The summed E-state index contributed by atoms with van der Waals surface area (Å²) in [6.07, 6.45) is 1.30. The first kappa shape index (κ1) is 12.2. The van der Waals surface area contributed by atoms with Gasteiger partial charge in [-0.3, -0.25) is 5.10 Å². The minimum absolute atomic E-state index is 0.0642. The molecule has 0 aliphatic rings. The molecule has 0 amide bonds. The van der Waals surface area contributed by atoms with E-state index in [1.54, 1.807) is 0 Å². The number of aliphatic hydroxyl groups excluding tert-OH is 1. The zero-order chi connectivity index (χ0) is 11.5. The van der Waals surface area contributed by atoms with Crippen LogP contribution >= 0.6 is 0 Å². The molecule has 0 radical (unpaired) electrons. The summed E-state index contributed by atoms with van der Waals surface area (Å²) in [4.78, 5) is 0. The SMILES string of the molecule is CC(C)CNS(=O)(=O)c1[nH]ncc1CO. The van der Waals surface area contributed by atoms with Crippen LogP contribution in [0.3, 0.4) is 0 Å². The van der Waals surface area contributed by atoms with Gasteiger partial charge in [0.05, 0.1) is 12.8 Å². The Morgan fingerprint density at radius 2 is 2.27 bits per heavy atom. The number of H-pyrrole nitrogens is 1. The summed E-state index contributed by atoms with van der Waals surface area (Å²) in [6.45, 7) is 3.81. The standard InChI is InChI=1S/C8H15N3O3S/c1-6(2)3-10-15(13,14)8-7(5-12)4-9-11-8/h4,6,10,12H,3,5H2,1-2H3,(H,9,11). The molecule has 6 nitrogen and oxygen atoms in total. The van der Waals surface area contributed by atoms with Gasteiger partial charge in [-0.25, -0.2) is 13.1 Å². The van der Waals surface area contributed by atoms with Crippen molar-refractivity contribution in [3.63, 3.8) is 0 Å². The summed E-state index contributed by atoms with van der Waals surface area (Å²) in [5, 5.41) is 14.8. The summed E-state index contributed by atoms with van der Waals surface area (Å²) in [5.74, 6) is 0.222. The van der Waals surface area contributed by atoms with Gasteiger partial charge in [0.25, 0.3) is 10.0 Å². The van der Waals surface area contributed by atoms with Gasteiger partial charge in [-0.2, -0.15) is 5.10 Å². The molecule has 0 bridgehead atoms. The van der Waals surface area contributed by atoms with Crippen molar-refractivity contribution in [2.24, 2.45) is 5.92 Å². The fourth-order valence-corrected chi connectivity index (χ4v) is 2.33. The second kappa shape index (κ2) is 4.73. The van der Waals surface area contributed by atoms with Crippen LogP contribution in [-0.4, -0.2) is 30.3 Å². The average molecular weight is 233 g/mol. The second-order valence-corrected chi connectivity index (χ2v) is 5.33. The number of nitrogens with zero attached hydrogens (tertiary/aromatic N) is 1. The smallest absolute Gasteiger partial charge is 0.257 e. The maximum absolute atomic E-state index is 11.7. The van der Waals surface area contributed by atoms with Crippen LogP contribution in [0.15, 0.2) is 11.2 Å². The van der Waals surface area contributed by atoms with Crippen LogP contribution in [0.4, 0.5) is 0 Å². The molecule has 0 saturated carbocycles. The molecule has 0 atom stereocenters. The molecule has 0 fully saturated rings. The van der Waals surface area contributed by atoms with E-state index in [1.165, 1.54) is 6.20 Å². The van der Waals surface area contributed by atoms with Gasteiger partial charge in [-0.1, -0.05) is 13.8 Å². The number of sulfonamides is 1. The van der Waals surface area contributed by atoms with Crippen LogP contribution in [0.1, 0.15) is 19.4 Å². The molecule has 1 aromatic heterocycles. The highest BCUT2D eigenvalue weighted by Gasteiger charge is 2.20. The van der Waals surface area contributed by atoms with E-state index >= 15 is 0 Å². The van der Waals surface area contributed by atoms with E-state index in [0.717, 1.165) is 0 Å². The Balaban J connectivity index is 2.86. The van der Waals surface area contributed by atoms with Crippen molar-refractivity contribution in [1.29, 1.82) is 0 Å². The number of hydrogen-bond donors (Lipinski definition) is 3. The van der Waals surface area contributed by atoms with Crippen LogP contribution in [-0.2, 0) is 16.6 Å². The largest absolute Gasteiger partial charge is 0.392 e. The zero-order valence-corrected chi connectivity index (χ0v) is 9.50. The van der Waals surface area contributed by atoms with Gasteiger partial charge in [0.1, 0.15) is 0 Å². The van der Waals surface area contributed by atoms with Gasteiger partial charge < -0.3 is 5.11 Å². The maximum atomic E-state index is 11.7. The molecule has 1 rings (SSSR count). The molecule has 1 aromatic rings. The van der Waals surface area contributed by atoms with Crippen molar-refractivity contribution in [2.75, 3.05) is 6.54 Å². The van der Waals surface area contributed by atoms with Gasteiger partial charge in [0, 0.05) is 12.1 Å². The molecular formula is C8H15N3O3S. The van der Waals surface area contributed by atoms with Gasteiger partial charge in [0.15, 0.2) is 5.03 Å². The number of rotatable bonds is 5. The lowest BCUT2D eigenvalue weighted by Crippen LogP contribution is -2.28. The van der Waals surface area contributed by atoms with Crippen LogP contribution in [0, 0.1) is 5.92 Å². The third kappa shape index (κ3) is 3.01. The molecular weight excluding hydrogens is 218 g/mol. The fraction of sp³-hybridized carbons (Fsp3) is 0.625. The summed E-state index contributed by atoms with van der Waals surface area (Å²) >= 11 is 0. The third-order valence-corrected chi connectivity index (χ3v) is 3.24. The quantitative estimate of drug-likeness (QED) is 0.658. The maximum Gasteiger partial charge on any atom is 0.257 e. The highest BCUT2D eigenvalue weighted by Crippen LogP contribution is 2.11. The van der Waals surface area contributed by atoms with Crippen molar-refractivity contribution < 1.29 is 13.5 Å². The molecule has 0 spiro atoms. The monoisotopic (exact) mass is 233 g/mol. The van der Waals surface area contributed by atoms with E-state index in [0.29, 0.717) is 6.54 Å². The van der Waals surface area contributed by atoms with Crippen molar-refractivity contribution in [2.45, 2.75) is 25.5 Å². The summed E-state index contributed by atoms with van der Waals surface area (Å²) in [6, 6.07) is 0. The topological polar surface area (TPSA) is 95.1 Å². The Kier molecular flexibility index (Phi) is 3.83. The highest BCUT2D eigenvalue weighted by atomic mass is 32.2. The van der Waals surface area contributed by atoms with Gasteiger partial charge >= 0.3 is 0 Å². The van der Waals surface area contributed by atoms with Crippen LogP contribution in [0.2, 0.25) is 0 Å². The van der Waals surface area contributed by atoms with E-state index in [1.807, 2.05) is 13.8 Å². The molecule has 1 heterocycles. The third-order valence-electron chi connectivity index (χ3n) is 1.80. The Morgan fingerprint density at radius 3 is 2.80 bits per heavy atom. The van der Waals surface area contributed by atoms with Crippen LogP contribution in [0.5, 0.6) is 0 Å². The first-order valence-corrected chi connectivity index (χ1v) is 6.08. The molecule has 15 heavy (non-hydrogen) atoms. The predicted molar refractivity (Wildman–Crippen MR) is 54.5 cm³/mol. The Morgan fingerprint density at radius 1 is 1.60 bits per heavy atom.